The summed E-state index contributed by atoms with van der Waals surface area (Å²) in [4.78, 5) is 6.72. The number of rotatable bonds is 10. The van der Waals surface area contributed by atoms with Crippen LogP contribution in [0.25, 0.3) is 0 Å². The Balaban J connectivity index is 1.68. The number of benzene rings is 1. The van der Waals surface area contributed by atoms with E-state index in [0.29, 0.717) is 44.7 Å². The van der Waals surface area contributed by atoms with Crippen molar-refractivity contribution >= 4 is 17.7 Å². The van der Waals surface area contributed by atoms with Gasteiger partial charge in [-0.25, -0.2) is 0 Å². The Morgan fingerprint density at radius 2 is 2.07 bits per heavy atom. The minimum atomic E-state index is -0.00221. The average Bonchev–Trinajstić information content (AvgIpc) is 2.74. The maximum Gasteiger partial charge on any atom is 0.217 e. The maximum absolute atomic E-state index is 8.76. The maximum atomic E-state index is 8.76. The van der Waals surface area contributed by atoms with Crippen LogP contribution in [-0.2, 0) is 9.47 Å². The van der Waals surface area contributed by atoms with Crippen LogP contribution in [0, 0.1) is 6.92 Å². The smallest absolute Gasteiger partial charge is 0.217 e. The van der Waals surface area contributed by atoms with Crippen molar-refractivity contribution in [3.63, 3.8) is 0 Å². The Labute approximate surface area is 171 Å². The largest absolute Gasteiger partial charge is 0.475 e. The summed E-state index contributed by atoms with van der Waals surface area (Å²) in [6, 6.07) is 12.0. The van der Waals surface area contributed by atoms with Gasteiger partial charge in [-0.3, -0.25) is 5.43 Å². The van der Waals surface area contributed by atoms with Crippen LogP contribution in [0.3, 0.4) is 0 Å². The average molecular weight is 400 g/mol. The van der Waals surface area contributed by atoms with Crippen LogP contribution in [0.5, 0.6) is 5.88 Å². The van der Waals surface area contributed by atoms with Gasteiger partial charge in [-0.1, -0.05) is 29.8 Å². The first-order chi connectivity index (χ1) is 14.2. The van der Waals surface area contributed by atoms with Gasteiger partial charge in [0.15, 0.2) is 5.82 Å². The molecule has 0 unspecified atom stereocenters. The zero-order valence-corrected chi connectivity index (χ0v) is 16.7. The van der Waals surface area contributed by atoms with Gasteiger partial charge in [0.2, 0.25) is 5.88 Å². The molecule has 8 heteroatoms. The third-order valence-electron chi connectivity index (χ3n) is 4.31. The quantitative estimate of drug-likeness (QED) is 0.358. The van der Waals surface area contributed by atoms with Gasteiger partial charge in [-0.15, -0.1) is 0 Å². The molecule has 0 bridgehead atoms. The predicted molar refractivity (Wildman–Crippen MR) is 113 cm³/mol. The third kappa shape index (κ3) is 7.01. The molecular weight excluding hydrogens is 372 g/mol. The second-order valence-corrected chi connectivity index (χ2v) is 6.62. The number of hydrogen-bond acceptors (Lipinski definition) is 8. The van der Waals surface area contributed by atoms with Crippen molar-refractivity contribution in [1.29, 1.82) is 0 Å². The summed E-state index contributed by atoms with van der Waals surface area (Å²) in [6.45, 7) is 6.10. The highest BCUT2D eigenvalue weighted by Gasteiger charge is 2.14. The lowest BCUT2D eigenvalue weighted by Crippen LogP contribution is -2.36. The fourth-order valence-electron chi connectivity index (χ4n) is 2.92. The van der Waals surface area contributed by atoms with Gasteiger partial charge in [0.05, 0.1) is 39.2 Å². The molecule has 29 heavy (non-hydrogen) atoms. The van der Waals surface area contributed by atoms with Crippen molar-refractivity contribution in [2.75, 3.05) is 63.1 Å². The van der Waals surface area contributed by atoms with Gasteiger partial charge in [-0.2, -0.15) is 10.1 Å². The number of nitrogens with zero attached hydrogens (tertiary/aromatic N) is 3. The zero-order valence-electron chi connectivity index (χ0n) is 16.7. The van der Waals surface area contributed by atoms with Crippen LogP contribution in [0.4, 0.5) is 11.5 Å². The Kier molecular flexibility index (Phi) is 8.24. The second-order valence-electron chi connectivity index (χ2n) is 6.62. The number of anilines is 2. The van der Waals surface area contributed by atoms with Gasteiger partial charge >= 0.3 is 0 Å². The molecule has 2 aromatic rings. The Bertz CT molecular complexity index is 794. The van der Waals surface area contributed by atoms with Crippen molar-refractivity contribution in [2.45, 2.75) is 6.92 Å². The summed E-state index contributed by atoms with van der Waals surface area (Å²) in [5.74, 6) is 1.10. The van der Waals surface area contributed by atoms with Gasteiger partial charge in [-0.05, 0) is 12.5 Å². The number of aliphatic hydroxyl groups excluding tert-OH is 1. The monoisotopic (exact) mass is 400 g/mol. The molecule has 3 rings (SSSR count). The van der Waals surface area contributed by atoms with Crippen LogP contribution in [0.2, 0.25) is 0 Å². The van der Waals surface area contributed by atoms with E-state index in [4.69, 9.17) is 19.3 Å². The minimum Gasteiger partial charge on any atom is -0.475 e. The fraction of sp³-hybridized carbons (Fsp3) is 0.429. The predicted octanol–water partition coefficient (Wildman–Crippen LogP) is 2.06. The molecule has 0 saturated carbocycles. The Hall–Kier alpha value is -2.68. The normalized spacial score (nSPS) is 14.3. The molecule has 0 amide bonds. The summed E-state index contributed by atoms with van der Waals surface area (Å²) < 4.78 is 16.4. The summed E-state index contributed by atoms with van der Waals surface area (Å²) >= 11 is 0. The topological polar surface area (TPSA) is 88.4 Å². The SMILES string of the molecule is Cc1cccc(C=NNc2cc(N3CCOCC3)cc(OCCOCCO)n2)c1. The molecule has 1 fully saturated rings. The van der Waals surface area contributed by atoms with E-state index in [-0.39, 0.29) is 6.61 Å². The lowest BCUT2D eigenvalue weighted by Gasteiger charge is -2.29. The van der Waals surface area contributed by atoms with Crippen LogP contribution >= 0.6 is 0 Å². The van der Waals surface area contributed by atoms with Crippen molar-refractivity contribution in [1.82, 2.24) is 4.98 Å². The number of aliphatic hydroxyl groups is 1. The summed E-state index contributed by atoms with van der Waals surface area (Å²) in [6.07, 6.45) is 1.76. The van der Waals surface area contributed by atoms with Crippen molar-refractivity contribution in [3.8, 4) is 5.88 Å². The first-order valence-electron chi connectivity index (χ1n) is 9.76. The molecule has 8 nitrogen and oxygen atoms in total. The zero-order chi connectivity index (χ0) is 20.3. The van der Waals surface area contributed by atoms with Crippen LogP contribution in [-0.4, -0.2) is 69.0 Å². The number of nitrogens with one attached hydrogen (secondary N) is 1. The highest BCUT2D eigenvalue weighted by molar-refractivity contribution is 5.80. The van der Waals surface area contributed by atoms with E-state index in [2.05, 4.69) is 26.5 Å². The number of aryl methyl sites for hydroxylation is 1. The standard InChI is InChI=1S/C21H28N4O4/c1-17-3-2-4-18(13-17)16-22-24-20-14-19(25-5-8-27-9-6-25)15-21(23-20)29-12-11-28-10-7-26/h2-4,13-16,26H,5-12H2,1H3,(H,23,24). The Morgan fingerprint density at radius 1 is 1.21 bits per heavy atom. The third-order valence-corrected chi connectivity index (χ3v) is 4.31. The number of pyridine rings is 1. The number of morpholine rings is 1. The van der Waals surface area contributed by atoms with Crippen LogP contribution in [0.1, 0.15) is 11.1 Å². The molecule has 1 aliphatic heterocycles. The first-order valence-corrected chi connectivity index (χ1v) is 9.76. The number of ether oxygens (including phenoxy) is 3. The second kappa shape index (κ2) is 11.4. The molecule has 0 spiro atoms. The highest BCUT2D eigenvalue weighted by atomic mass is 16.5. The first kappa shape index (κ1) is 21.0. The van der Waals surface area contributed by atoms with E-state index in [9.17, 15) is 0 Å². The van der Waals surface area contributed by atoms with E-state index >= 15 is 0 Å². The molecule has 0 radical (unpaired) electrons. The lowest BCUT2D eigenvalue weighted by molar-refractivity contribution is 0.0695. The van der Waals surface area contributed by atoms with Crippen LogP contribution in [0.15, 0.2) is 41.5 Å². The molecule has 1 aromatic carbocycles. The number of aromatic nitrogens is 1. The molecule has 1 aromatic heterocycles. The van der Waals surface area contributed by atoms with E-state index in [1.807, 2.05) is 37.3 Å². The molecule has 2 N–H and O–H groups in total. The summed E-state index contributed by atoms with van der Waals surface area (Å²) in [5, 5.41) is 13.1. The van der Waals surface area contributed by atoms with E-state index in [1.54, 1.807) is 6.21 Å². The number of hydrogen-bond donors (Lipinski definition) is 2. The molecular formula is C21H28N4O4. The van der Waals surface area contributed by atoms with Gasteiger partial charge in [0, 0.05) is 30.9 Å². The van der Waals surface area contributed by atoms with Gasteiger partial charge in [0.25, 0.3) is 0 Å². The molecule has 2 heterocycles. The minimum absolute atomic E-state index is 0.00221. The molecule has 0 aliphatic carbocycles. The molecule has 1 aliphatic rings. The highest BCUT2D eigenvalue weighted by Crippen LogP contribution is 2.24. The number of hydrazone groups is 1. The fourth-order valence-corrected chi connectivity index (χ4v) is 2.92. The van der Waals surface area contributed by atoms with E-state index in [1.165, 1.54) is 5.56 Å². The van der Waals surface area contributed by atoms with E-state index in [0.717, 1.165) is 24.3 Å². The lowest BCUT2D eigenvalue weighted by atomic mass is 10.2. The molecule has 1 saturated heterocycles. The van der Waals surface area contributed by atoms with E-state index < -0.39 is 0 Å². The van der Waals surface area contributed by atoms with Gasteiger partial charge in [0.1, 0.15) is 6.61 Å². The van der Waals surface area contributed by atoms with Crippen LogP contribution < -0.4 is 15.1 Å². The van der Waals surface area contributed by atoms with Gasteiger partial charge < -0.3 is 24.2 Å². The van der Waals surface area contributed by atoms with Crippen molar-refractivity contribution in [2.24, 2.45) is 5.10 Å². The molecule has 156 valence electrons. The summed E-state index contributed by atoms with van der Waals surface area (Å²) in [7, 11) is 0. The van der Waals surface area contributed by atoms with Crippen molar-refractivity contribution < 1.29 is 19.3 Å². The molecule has 0 atom stereocenters. The Morgan fingerprint density at radius 3 is 2.86 bits per heavy atom. The summed E-state index contributed by atoms with van der Waals surface area (Å²) in [5.41, 5.74) is 6.20. The van der Waals surface area contributed by atoms with Crippen molar-refractivity contribution in [3.05, 3.63) is 47.5 Å².